The largest absolute Gasteiger partial charge is 0.493 e. The Morgan fingerprint density at radius 2 is 1.52 bits per heavy atom. The van der Waals surface area contributed by atoms with Gasteiger partial charge in [-0.1, -0.05) is 0 Å². The molecule has 0 aliphatic carbocycles. The molecular weight excluding hydrogens is 476 g/mol. The fourth-order valence-electron chi connectivity index (χ4n) is 2.21. The first-order chi connectivity index (χ1) is 13.8. The van der Waals surface area contributed by atoms with E-state index in [1.54, 1.807) is 42.5 Å². The summed E-state index contributed by atoms with van der Waals surface area (Å²) < 4.78 is 6.12. The van der Waals surface area contributed by atoms with Crippen molar-refractivity contribution in [2.75, 3.05) is 17.2 Å². The molecule has 0 saturated heterocycles. The molecule has 2 rings (SSSR count). The molecule has 2 amide bonds. The van der Waals surface area contributed by atoms with Gasteiger partial charge in [-0.2, -0.15) is 0 Å². The number of rotatable bonds is 5. The fourth-order valence-corrected chi connectivity index (χ4v) is 3.18. The quantitative estimate of drug-likeness (QED) is 0.469. The van der Waals surface area contributed by atoms with Crippen LogP contribution >= 0.6 is 40.4 Å². The zero-order chi connectivity index (χ0) is 21.4. The molecule has 0 aromatic heterocycles. The number of anilines is 2. The molecule has 152 valence electrons. The van der Waals surface area contributed by atoms with E-state index in [4.69, 9.17) is 29.2 Å². The normalized spacial score (nSPS) is 9.90. The summed E-state index contributed by atoms with van der Waals surface area (Å²) in [5.74, 6) is 0.0723. The van der Waals surface area contributed by atoms with E-state index in [0.717, 1.165) is 0 Å². The molecule has 0 spiro atoms. The van der Waals surface area contributed by atoms with Crippen molar-refractivity contribution in [1.29, 1.82) is 0 Å². The van der Waals surface area contributed by atoms with Gasteiger partial charge in [-0.05, 0) is 89.8 Å². The molecule has 0 atom stereocenters. The van der Waals surface area contributed by atoms with Crippen LogP contribution in [0.25, 0.3) is 0 Å². The van der Waals surface area contributed by atoms with Crippen LogP contribution in [0.2, 0.25) is 0 Å². The van der Waals surface area contributed by atoms with Gasteiger partial charge in [0.2, 0.25) is 5.91 Å². The molecule has 0 aliphatic heterocycles. The van der Waals surface area contributed by atoms with Crippen LogP contribution in [0.1, 0.15) is 24.2 Å². The number of halogens is 1. The summed E-state index contributed by atoms with van der Waals surface area (Å²) in [6.07, 6.45) is 0. The Kier molecular flexibility index (Phi) is 8.50. The molecular formula is C19H19BrN4O3S2. The van der Waals surface area contributed by atoms with Crippen LogP contribution in [0, 0.1) is 0 Å². The third-order valence-electron chi connectivity index (χ3n) is 3.41. The number of benzene rings is 2. The lowest BCUT2D eigenvalue weighted by atomic mass is 10.2. The van der Waals surface area contributed by atoms with E-state index in [1.807, 2.05) is 6.92 Å². The Morgan fingerprint density at radius 1 is 0.966 bits per heavy atom. The standard InChI is InChI=1S/C19H19BrN4O3S2/c1-3-27-16-9-4-12(10-15(16)20)17(26)24-19(29)23-14-7-5-13(6-8-14)22-18(28)21-11(2)25/h4-10H,3H2,1-2H3,(H2,21,22,25,28)(H2,23,24,26,29). The highest BCUT2D eigenvalue weighted by atomic mass is 79.9. The average Bonchev–Trinajstić information content (AvgIpc) is 2.64. The Hall–Kier alpha value is -2.56. The lowest BCUT2D eigenvalue weighted by Crippen LogP contribution is -2.34. The molecule has 2 aromatic carbocycles. The van der Waals surface area contributed by atoms with Crippen molar-refractivity contribution < 1.29 is 14.3 Å². The third-order valence-corrected chi connectivity index (χ3v) is 4.44. The fraction of sp³-hybridized carbons (Fsp3) is 0.158. The summed E-state index contributed by atoms with van der Waals surface area (Å²) in [5.41, 5.74) is 1.82. The predicted octanol–water partition coefficient (Wildman–Crippen LogP) is 3.81. The zero-order valence-corrected chi connectivity index (χ0v) is 18.9. The first-order valence-corrected chi connectivity index (χ1v) is 10.1. The highest BCUT2D eigenvalue weighted by Crippen LogP contribution is 2.26. The lowest BCUT2D eigenvalue weighted by Gasteiger charge is -2.12. The van der Waals surface area contributed by atoms with E-state index >= 15 is 0 Å². The van der Waals surface area contributed by atoms with Crippen molar-refractivity contribution in [3.63, 3.8) is 0 Å². The SMILES string of the molecule is CCOc1ccc(C(=O)NC(=S)Nc2ccc(NC(=S)NC(C)=O)cc2)cc1Br. The van der Waals surface area contributed by atoms with Gasteiger partial charge in [0, 0.05) is 23.9 Å². The van der Waals surface area contributed by atoms with Gasteiger partial charge in [-0.25, -0.2) is 0 Å². The second-order valence-corrected chi connectivity index (χ2v) is 7.37. The molecule has 0 heterocycles. The third kappa shape index (κ3) is 7.41. The van der Waals surface area contributed by atoms with Crippen molar-refractivity contribution in [3.8, 4) is 5.75 Å². The van der Waals surface area contributed by atoms with E-state index in [2.05, 4.69) is 37.2 Å². The van der Waals surface area contributed by atoms with Crippen molar-refractivity contribution in [3.05, 3.63) is 52.5 Å². The minimum absolute atomic E-state index is 0.162. The van der Waals surface area contributed by atoms with Crippen LogP contribution in [-0.4, -0.2) is 28.6 Å². The molecule has 4 N–H and O–H groups in total. The Balaban J connectivity index is 1.91. The van der Waals surface area contributed by atoms with Crippen LogP contribution in [0.3, 0.4) is 0 Å². The van der Waals surface area contributed by atoms with Crippen LogP contribution in [-0.2, 0) is 4.79 Å². The molecule has 0 aliphatic rings. The van der Waals surface area contributed by atoms with Crippen LogP contribution in [0.5, 0.6) is 5.75 Å². The second-order valence-electron chi connectivity index (χ2n) is 5.70. The summed E-state index contributed by atoms with van der Waals surface area (Å²) in [5, 5.41) is 11.3. The minimum Gasteiger partial charge on any atom is -0.493 e. The van der Waals surface area contributed by atoms with Crippen molar-refractivity contribution >= 4 is 73.8 Å². The van der Waals surface area contributed by atoms with E-state index in [0.29, 0.717) is 33.8 Å². The molecule has 0 radical (unpaired) electrons. The second kappa shape index (κ2) is 10.8. The van der Waals surface area contributed by atoms with Crippen molar-refractivity contribution in [2.24, 2.45) is 0 Å². The summed E-state index contributed by atoms with van der Waals surface area (Å²) in [4.78, 5) is 23.3. The van der Waals surface area contributed by atoms with Crippen LogP contribution in [0.15, 0.2) is 46.9 Å². The Labute approximate surface area is 187 Å². The van der Waals surface area contributed by atoms with Gasteiger partial charge in [0.15, 0.2) is 10.2 Å². The predicted molar refractivity (Wildman–Crippen MR) is 125 cm³/mol. The smallest absolute Gasteiger partial charge is 0.257 e. The van der Waals surface area contributed by atoms with Crippen LogP contribution in [0.4, 0.5) is 11.4 Å². The summed E-state index contributed by atoms with van der Waals surface area (Å²) in [6, 6.07) is 12.1. The number of hydrogen-bond donors (Lipinski definition) is 4. The van der Waals surface area contributed by atoms with Gasteiger partial charge in [0.25, 0.3) is 5.91 Å². The van der Waals surface area contributed by atoms with E-state index in [1.165, 1.54) is 6.92 Å². The van der Waals surface area contributed by atoms with Crippen LogP contribution < -0.4 is 26.0 Å². The van der Waals surface area contributed by atoms with Gasteiger partial charge in [-0.3, -0.25) is 14.9 Å². The van der Waals surface area contributed by atoms with Gasteiger partial charge < -0.3 is 20.7 Å². The molecule has 0 bridgehead atoms. The monoisotopic (exact) mass is 494 g/mol. The lowest BCUT2D eigenvalue weighted by molar-refractivity contribution is -0.117. The maximum Gasteiger partial charge on any atom is 0.257 e. The number of amides is 2. The number of thiocarbonyl (C=S) groups is 2. The number of ether oxygens (including phenoxy) is 1. The summed E-state index contributed by atoms with van der Waals surface area (Å²) >= 11 is 13.6. The first kappa shape index (κ1) is 22.7. The highest BCUT2D eigenvalue weighted by molar-refractivity contribution is 9.10. The average molecular weight is 495 g/mol. The topological polar surface area (TPSA) is 91.5 Å². The van der Waals surface area contributed by atoms with E-state index in [-0.39, 0.29) is 22.0 Å². The maximum atomic E-state index is 12.4. The molecule has 29 heavy (non-hydrogen) atoms. The minimum atomic E-state index is -0.342. The van der Waals surface area contributed by atoms with E-state index < -0.39 is 0 Å². The summed E-state index contributed by atoms with van der Waals surface area (Å²) in [7, 11) is 0. The number of hydrogen-bond acceptors (Lipinski definition) is 5. The molecule has 0 fully saturated rings. The maximum absolute atomic E-state index is 12.4. The summed E-state index contributed by atoms with van der Waals surface area (Å²) in [6.45, 7) is 3.80. The molecule has 2 aromatic rings. The first-order valence-electron chi connectivity index (χ1n) is 8.51. The zero-order valence-electron chi connectivity index (χ0n) is 15.7. The molecule has 7 nitrogen and oxygen atoms in total. The molecule has 0 saturated carbocycles. The molecule has 10 heteroatoms. The highest BCUT2D eigenvalue weighted by Gasteiger charge is 2.11. The Morgan fingerprint density at radius 3 is 2.00 bits per heavy atom. The number of carbonyl (C=O) groups excluding carboxylic acids is 2. The van der Waals surface area contributed by atoms with Gasteiger partial charge in [-0.15, -0.1) is 0 Å². The Bertz CT molecular complexity index is 936. The van der Waals surface area contributed by atoms with E-state index in [9.17, 15) is 9.59 Å². The van der Waals surface area contributed by atoms with Crippen molar-refractivity contribution in [1.82, 2.24) is 10.6 Å². The number of carbonyl (C=O) groups is 2. The number of nitrogens with one attached hydrogen (secondary N) is 4. The van der Waals surface area contributed by atoms with Gasteiger partial charge in [0.1, 0.15) is 5.75 Å². The van der Waals surface area contributed by atoms with Gasteiger partial charge >= 0.3 is 0 Å². The van der Waals surface area contributed by atoms with Gasteiger partial charge in [0.05, 0.1) is 11.1 Å². The van der Waals surface area contributed by atoms with Crippen molar-refractivity contribution in [2.45, 2.75) is 13.8 Å². The molecule has 0 unspecified atom stereocenters.